The van der Waals surface area contributed by atoms with Crippen LogP contribution in [0.15, 0.2) is 29.4 Å². The highest BCUT2D eigenvalue weighted by Crippen LogP contribution is 2.22. The second-order valence-electron chi connectivity index (χ2n) is 4.52. The molecule has 7 heteroatoms. The van der Waals surface area contributed by atoms with E-state index in [1.54, 1.807) is 13.8 Å². The fraction of sp³-hybridized carbons (Fsp3) is 0.308. The van der Waals surface area contributed by atoms with E-state index in [-0.39, 0.29) is 11.2 Å². The summed E-state index contributed by atoms with van der Waals surface area (Å²) in [5, 5.41) is 10.9. The van der Waals surface area contributed by atoms with Gasteiger partial charge in [-0.1, -0.05) is 23.9 Å². The third-order valence-electron chi connectivity index (χ3n) is 2.77. The third kappa shape index (κ3) is 3.30. The molecule has 1 aromatic heterocycles. The number of nitrogens with two attached hydrogens (primary N) is 1. The number of aromatic nitrogens is 3. The summed E-state index contributed by atoms with van der Waals surface area (Å²) in [6, 6.07) is 7.67. The van der Waals surface area contributed by atoms with Gasteiger partial charge in [0, 0.05) is 5.69 Å². The number of thioether (sulfide) groups is 1. The molecular formula is C13H17N5OS. The Bertz CT molecular complexity index is 625. The van der Waals surface area contributed by atoms with Crippen molar-refractivity contribution in [2.24, 2.45) is 0 Å². The number of carbonyl (C=O) groups excluding carboxylic acids is 1. The Labute approximate surface area is 121 Å². The molecule has 1 amide bonds. The fourth-order valence-corrected chi connectivity index (χ4v) is 2.42. The Kier molecular flexibility index (Phi) is 4.29. The molecule has 1 atom stereocenters. The summed E-state index contributed by atoms with van der Waals surface area (Å²) in [5.74, 6) is 6.28. The van der Waals surface area contributed by atoms with E-state index >= 15 is 0 Å². The summed E-state index contributed by atoms with van der Waals surface area (Å²) >= 11 is 1.27. The second kappa shape index (κ2) is 5.96. The molecule has 0 unspecified atom stereocenters. The molecule has 0 spiro atoms. The zero-order valence-electron chi connectivity index (χ0n) is 11.6. The number of rotatable bonds is 4. The van der Waals surface area contributed by atoms with Crippen molar-refractivity contribution in [2.75, 3.05) is 11.2 Å². The lowest BCUT2D eigenvalue weighted by Gasteiger charge is -2.11. The smallest absolute Gasteiger partial charge is 0.237 e. The summed E-state index contributed by atoms with van der Waals surface area (Å²) < 4.78 is 1.38. The van der Waals surface area contributed by atoms with Gasteiger partial charge >= 0.3 is 0 Å². The van der Waals surface area contributed by atoms with Gasteiger partial charge in [-0.25, -0.2) is 4.68 Å². The number of aryl methyl sites for hydroxylation is 2. The van der Waals surface area contributed by atoms with Crippen LogP contribution in [0.3, 0.4) is 0 Å². The van der Waals surface area contributed by atoms with Crippen LogP contribution in [0.2, 0.25) is 0 Å². The van der Waals surface area contributed by atoms with Crippen LogP contribution in [0.4, 0.5) is 5.69 Å². The predicted molar refractivity (Wildman–Crippen MR) is 80.0 cm³/mol. The number of nitrogens with one attached hydrogen (secondary N) is 1. The van der Waals surface area contributed by atoms with E-state index in [4.69, 9.17) is 5.84 Å². The molecule has 0 saturated carbocycles. The van der Waals surface area contributed by atoms with Crippen molar-refractivity contribution in [1.29, 1.82) is 0 Å². The number of amides is 1. The molecule has 0 aliphatic carbocycles. The number of hydrogen-bond acceptors (Lipinski definition) is 5. The van der Waals surface area contributed by atoms with Gasteiger partial charge in [0.15, 0.2) is 0 Å². The van der Waals surface area contributed by atoms with Crippen molar-refractivity contribution in [3.8, 4) is 0 Å². The first-order chi connectivity index (χ1) is 9.47. The molecular weight excluding hydrogens is 274 g/mol. The van der Waals surface area contributed by atoms with Crippen molar-refractivity contribution < 1.29 is 4.79 Å². The average molecular weight is 291 g/mol. The zero-order chi connectivity index (χ0) is 14.7. The Morgan fingerprint density at radius 3 is 2.75 bits per heavy atom. The third-order valence-corrected chi connectivity index (χ3v) is 3.83. The topological polar surface area (TPSA) is 85.8 Å². The van der Waals surface area contributed by atoms with Crippen molar-refractivity contribution >= 4 is 23.4 Å². The molecule has 0 aliphatic rings. The fourth-order valence-electron chi connectivity index (χ4n) is 1.61. The molecule has 2 rings (SSSR count). The number of benzene rings is 1. The minimum Gasteiger partial charge on any atom is -0.336 e. The Morgan fingerprint density at radius 2 is 2.15 bits per heavy atom. The molecule has 0 radical (unpaired) electrons. The molecule has 2 aromatic rings. The minimum atomic E-state index is -0.318. The minimum absolute atomic E-state index is 0.0961. The Morgan fingerprint density at radius 1 is 1.40 bits per heavy atom. The number of hydrogen-bond donors (Lipinski definition) is 2. The first kappa shape index (κ1) is 14.4. The number of nitrogens with zero attached hydrogens (tertiary/aromatic N) is 3. The van der Waals surface area contributed by atoms with Gasteiger partial charge in [0.2, 0.25) is 11.1 Å². The van der Waals surface area contributed by atoms with Gasteiger partial charge in [-0.05, 0) is 38.5 Å². The highest BCUT2D eigenvalue weighted by Gasteiger charge is 2.18. The molecule has 20 heavy (non-hydrogen) atoms. The predicted octanol–water partition coefficient (Wildman–Crippen LogP) is 1.73. The SMILES string of the molecule is Cc1cccc(NC(=O)[C@H](C)Sc2nnc(C)n2N)c1. The van der Waals surface area contributed by atoms with Gasteiger partial charge in [0.1, 0.15) is 5.82 Å². The molecule has 1 heterocycles. The van der Waals surface area contributed by atoms with Crippen LogP contribution in [0.25, 0.3) is 0 Å². The van der Waals surface area contributed by atoms with Gasteiger partial charge in [0.25, 0.3) is 0 Å². The van der Waals surface area contributed by atoms with Crippen LogP contribution < -0.4 is 11.2 Å². The number of anilines is 1. The summed E-state index contributed by atoms with van der Waals surface area (Å²) in [7, 11) is 0. The first-order valence-electron chi connectivity index (χ1n) is 6.18. The van der Waals surface area contributed by atoms with E-state index in [0.717, 1.165) is 11.3 Å². The van der Waals surface area contributed by atoms with Crippen LogP contribution in [0, 0.1) is 13.8 Å². The average Bonchev–Trinajstić information content (AvgIpc) is 2.70. The van der Waals surface area contributed by atoms with Crippen molar-refractivity contribution in [3.63, 3.8) is 0 Å². The Hall–Kier alpha value is -2.02. The molecule has 0 fully saturated rings. The summed E-state index contributed by atoms with van der Waals surface area (Å²) in [6.45, 7) is 5.54. The van der Waals surface area contributed by atoms with Crippen molar-refractivity contribution in [1.82, 2.24) is 14.9 Å². The molecule has 0 aliphatic heterocycles. The van der Waals surface area contributed by atoms with Crippen molar-refractivity contribution in [3.05, 3.63) is 35.7 Å². The number of nitrogen functional groups attached to an aromatic ring is 1. The molecule has 1 aromatic carbocycles. The second-order valence-corrected chi connectivity index (χ2v) is 5.83. The maximum absolute atomic E-state index is 12.1. The Balaban J connectivity index is 2.00. The van der Waals surface area contributed by atoms with Crippen LogP contribution in [-0.4, -0.2) is 26.0 Å². The lowest BCUT2D eigenvalue weighted by Crippen LogP contribution is -2.23. The van der Waals surface area contributed by atoms with Crippen LogP contribution >= 0.6 is 11.8 Å². The monoisotopic (exact) mass is 291 g/mol. The van der Waals surface area contributed by atoms with Crippen LogP contribution in [0.1, 0.15) is 18.3 Å². The van der Waals surface area contributed by atoms with Gasteiger partial charge in [-0.15, -0.1) is 10.2 Å². The molecule has 0 saturated heterocycles. The van der Waals surface area contributed by atoms with E-state index in [9.17, 15) is 4.79 Å². The summed E-state index contributed by atoms with van der Waals surface area (Å²) in [4.78, 5) is 12.1. The van der Waals surface area contributed by atoms with E-state index in [1.165, 1.54) is 16.4 Å². The van der Waals surface area contributed by atoms with Crippen LogP contribution in [0.5, 0.6) is 0 Å². The van der Waals surface area contributed by atoms with Crippen LogP contribution in [-0.2, 0) is 4.79 Å². The maximum atomic E-state index is 12.1. The molecule has 3 N–H and O–H groups in total. The summed E-state index contributed by atoms with van der Waals surface area (Å²) in [5.41, 5.74) is 1.88. The molecule has 0 bridgehead atoms. The normalized spacial score (nSPS) is 12.2. The number of carbonyl (C=O) groups is 1. The lowest BCUT2D eigenvalue weighted by atomic mass is 10.2. The highest BCUT2D eigenvalue weighted by molar-refractivity contribution is 8.00. The van der Waals surface area contributed by atoms with E-state index in [2.05, 4.69) is 15.5 Å². The van der Waals surface area contributed by atoms with Crippen molar-refractivity contribution in [2.45, 2.75) is 31.2 Å². The first-order valence-corrected chi connectivity index (χ1v) is 7.06. The lowest BCUT2D eigenvalue weighted by molar-refractivity contribution is -0.115. The molecule has 106 valence electrons. The van der Waals surface area contributed by atoms with E-state index in [0.29, 0.717) is 11.0 Å². The standard InChI is InChI=1S/C13H17N5OS/c1-8-5-4-6-11(7-8)15-12(19)9(2)20-13-17-16-10(3)18(13)14/h4-7,9H,14H2,1-3H3,(H,15,19)/t9-/m0/s1. The maximum Gasteiger partial charge on any atom is 0.237 e. The van der Waals surface area contributed by atoms with E-state index < -0.39 is 0 Å². The van der Waals surface area contributed by atoms with E-state index in [1.807, 2.05) is 31.2 Å². The molecule has 6 nitrogen and oxygen atoms in total. The highest BCUT2D eigenvalue weighted by atomic mass is 32.2. The largest absolute Gasteiger partial charge is 0.336 e. The zero-order valence-corrected chi connectivity index (χ0v) is 12.4. The van der Waals surface area contributed by atoms with Gasteiger partial charge in [0.05, 0.1) is 5.25 Å². The van der Waals surface area contributed by atoms with Gasteiger partial charge < -0.3 is 11.2 Å². The van der Waals surface area contributed by atoms with Gasteiger partial charge in [-0.2, -0.15) is 0 Å². The quantitative estimate of drug-likeness (QED) is 0.662. The summed E-state index contributed by atoms with van der Waals surface area (Å²) in [6.07, 6.45) is 0. The van der Waals surface area contributed by atoms with Gasteiger partial charge in [-0.3, -0.25) is 4.79 Å².